The van der Waals surface area contributed by atoms with Gasteiger partial charge in [0.15, 0.2) is 17.3 Å². The van der Waals surface area contributed by atoms with E-state index in [4.69, 9.17) is 4.74 Å². The van der Waals surface area contributed by atoms with E-state index in [1.807, 2.05) is 0 Å². The lowest BCUT2D eigenvalue weighted by Gasteiger charge is -2.06. The Morgan fingerprint density at radius 3 is 2.60 bits per heavy atom. The average Bonchev–Trinajstić information content (AvgIpc) is 2.47. The second kappa shape index (κ2) is 5.40. The number of ether oxygens (including phenoxy) is 1. The summed E-state index contributed by atoms with van der Waals surface area (Å²) < 4.78 is 4.91. The SMILES string of the molecule is COc1cc(C(=O)c2ccccc2[N+](=O)[O-])ccc1O. The van der Waals surface area contributed by atoms with Crippen LogP contribution in [0.2, 0.25) is 0 Å². The molecule has 2 rings (SSSR count). The number of benzene rings is 2. The lowest BCUT2D eigenvalue weighted by Crippen LogP contribution is -2.05. The first kappa shape index (κ1) is 13.5. The van der Waals surface area contributed by atoms with Crippen molar-refractivity contribution >= 4 is 11.5 Å². The Hall–Kier alpha value is -2.89. The van der Waals surface area contributed by atoms with E-state index in [9.17, 15) is 20.0 Å². The highest BCUT2D eigenvalue weighted by Crippen LogP contribution is 2.29. The number of rotatable bonds is 4. The average molecular weight is 273 g/mol. The van der Waals surface area contributed by atoms with Crippen LogP contribution in [-0.4, -0.2) is 22.9 Å². The molecule has 2 aromatic carbocycles. The molecule has 0 saturated carbocycles. The number of phenolic OH excluding ortho intramolecular Hbond substituents is 1. The number of methoxy groups -OCH3 is 1. The lowest BCUT2D eigenvalue weighted by atomic mass is 10.0. The van der Waals surface area contributed by atoms with E-state index >= 15 is 0 Å². The Morgan fingerprint density at radius 1 is 1.25 bits per heavy atom. The van der Waals surface area contributed by atoms with Crippen molar-refractivity contribution in [2.45, 2.75) is 0 Å². The number of hydrogen-bond donors (Lipinski definition) is 1. The fourth-order valence-corrected chi connectivity index (χ4v) is 1.80. The Bertz CT molecular complexity index is 681. The Balaban J connectivity index is 2.49. The first-order valence-corrected chi connectivity index (χ1v) is 5.69. The number of nitrogens with zero attached hydrogens (tertiary/aromatic N) is 1. The summed E-state index contributed by atoms with van der Waals surface area (Å²) in [6, 6.07) is 9.74. The van der Waals surface area contributed by atoms with Gasteiger partial charge in [-0.25, -0.2) is 0 Å². The van der Waals surface area contributed by atoms with Crippen LogP contribution in [0.25, 0.3) is 0 Å². The van der Waals surface area contributed by atoms with E-state index in [0.717, 1.165) is 0 Å². The van der Waals surface area contributed by atoms with Gasteiger partial charge in [-0.1, -0.05) is 12.1 Å². The molecule has 0 amide bonds. The number of carbonyl (C=O) groups excluding carboxylic acids is 1. The highest BCUT2D eigenvalue weighted by atomic mass is 16.6. The first-order chi connectivity index (χ1) is 9.54. The van der Waals surface area contributed by atoms with Gasteiger partial charge >= 0.3 is 0 Å². The maximum Gasteiger partial charge on any atom is 0.280 e. The van der Waals surface area contributed by atoms with Crippen LogP contribution < -0.4 is 4.74 Å². The molecule has 0 spiro atoms. The topological polar surface area (TPSA) is 89.7 Å². The molecule has 6 nitrogen and oxygen atoms in total. The number of ketones is 1. The van der Waals surface area contributed by atoms with Crippen molar-refractivity contribution in [1.82, 2.24) is 0 Å². The molecule has 0 aromatic heterocycles. The Morgan fingerprint density at radius 2 is 1.95 bits per heavy atom. The van der Waals surface area contributed by atoms with Crippen molar-refractivity contribution in [3.63, 3.8) is 0 Å². The number of hydrogen-bond acceptors (Lipinski definition) is 5. The second-order valence-corrected chi connectivity index (χ2v) is 3.99. The summed E-state index contributed by atoms with van der Waals surface area (Å²) in [7, 11) is 1.36. The molecule has 0 fully saturated rings. The van der Waals surface area contributed by atoms with E-state index < -0.39 is 10.7 Å². The van der Waals surface area contributed by atoms with Crippen molar-refractivity contribution in [2.75, 3.05) is 7.11 Å². The van der Waals surface area contributed by atoms with E-state index in [1.54, 1.807) is 6.07 Å². The first-order valence-electron chi connectivity index (χ1n) is 5.69. The molecule has 6 heteroatoms. The zero-order valence-electron chi connectivity index (χ0n) is 10.6. The summed E-state index contributed by atoms with van der Waals surface area (Å²) in [5, 5.41) is 20.4. The minimum absolute atomic E-state index is 0.00903. The Labute approximate surface area is 114 Å². The van der Waals surface area contributed by atoms with Crippen molar-refractivity contribution in [3.8, 4) is 11.5 Å². The third-order valence-electron chi connectivity index (χ3n) is 2.79. The van der Waals surface area contributed by atoms with Crippen LogP contribution in [0.3, 0.4) is 0 Å². The van der Waals surface area contributed by atoms with Gasteiger partial charge in [-0.2, -0.15) is 0 Å². The number of phenols is 1. The van der Waals surface area contributed by atoms with Crippen LogP contribution in [0.4, 0.5) is 5.69 Å². The molecule has 0 saturated heterocycles. The third-order valence-corrected chi connectivity index (χ3v) is 2.79. The summed E-state index contributed by atoms with van der Waals surface area (Å²) in [6.45, 7) is 0. The molecule has 0 bridgehead atoms. The van der Waals surface area contributed by atoms with Gasteiger partial charge in [0.1, 0.15) is 5.56 Å². The summed E-state index contributed by atoms with van der Waals surface area (Å²) >= 11 is 0. The smallest absolute Gasteiger partial charge is 0.280 e. The molecule has 0 unspecified atom stereocenters. The third kappa shape index (κ3) is 2.44. The van der Waals surface area contributed by atoms with Gasteiger partial charge in [-0.15, -0.1) is 0 Å². The standard InChI is InChI=1S/C14H11NO5/c1-20-13-8-9(6-7-12(13)16)14(17)10-4-2-3-5-11(10)15(18)19/h2-8,16H,1H3. The monoisotopic (exact) mass is 273 g/mol. The van der Waals surface area contributed by atoms with Crippen molar-refractivity contribution in [1.29, 1.82) is 0 Å². The Kier molecular flexibility index (Phi) is 3.65. The summed E-state index contributed by atoms with van der Waals surface area (Å²) in [5.41, 5.74) is -0.0660. The van der Waals surface area contributed by atoms with E-state index in [-0.39, 0.29) is 28.3 Å². The second-order valence-electron chi connectivity index (χ2n) is 3.99. The molecule has 102 valence electrons. The summed E-state index contributed by atoms with van der Waals surface area (Å²) in [6.07, 6.45) is 0. The number of para-hydroxylation sites is 1. The lowest BCUT2D eigenvalue weighted by molar-refractivity contribution is -0.385. The number of nitro groups is 1. The van der Waals surface area contributed by atoms with Crippen molar-refractivity contribution in [3.05, 3.63) is 63.7 Å². The minimum Gasteiger partial charge on any atom is -0.504 e. The number of carbonyl (C=O) groups is 1. The number of aromatic hydroxyl groups is 1. The zero-order valence-corrected chi connectivity index (χ0v) is 10.6. The molecule has 2 aromatic rings. The van der Waals surface area contributed by atoms with Gasteiger partial charge in [-0.3, -0.25) is 14.9 Å². The maximum atomic E-state index is 12.3. The highest BCUT2D eigenvalue weighted by Gasteiger charge is 2.21. The molecule has 20 heavy (non-hydrogen) atoms. The van der Waals surface area contributed by atoms with Gasteiger partial charge in [0, 0.05) is 11.6 Å². The van der Waals surface area contributed by atoms with E-state index in [2.05, 4.69) is 0 Å². The predicted molar refractivity (Wildman–Crippen MR) is 71.2 cm³/mol. The van der Waals surface area contributed by atoms with E-state index in [0.29, 0.717) is 0 Å². The quantitative estimate of drug-likeness (QED) is 0.525. The van der Waals surface area contributed by atoms with E-state index in [1.165, 1.54) is 43.5 Å². The molecule has 1 N–H and O–H groups in total. The maximum absolute atomic E-state index is 12.3. The normalized spacial score (nSPS) is 10.1. The molecule has 0 heterocycles. The number of nitro benzene ring substituents is 1. The zero-order chi connectivity index (χ0) is 14.7. The van der Waals surface area contributed by atoms with Gasteiger partial charge in [0.2, 0.25) is 0 Å². The minimum atomic E-state index is -0.606. The van der Waals surface area contributed by atoms with Crippen molar-refractivity contribution in [2.24, 2.45) is 0 Å². The fraction of sp³-hybridized carbons (Fsp3) is 0.0714. The molecular weight excluding hydrogens is 262 g/mol. The molecule has 0 aliphatic heterocycles. The highest BCUT2D eigenvalue weighted by molar-refractivity contribution is 6.11. The van der Waals surface area contributed by atoms with Gasteiger partial charge in [0.25, 0.3) is 5.69 Å². The van der Waals surface area contributed by atoms with Gasteiger partial charge < -0.3 is 9.84 Å². The van der Waals surface area contributed by atoms with Gasteiger partial charge in [-0.05, 0) is 24.3 Å². The van der Waals surface area contributed by atoms with Crippen molar-refractivity contribution < 1.29 is 19.6 Å². The van der Waals surface area contributed by atoms with Gasteiger partial charge in [0.05, 0.1) is 12.0 Å². The molecule has 0 atom stereocenters. The predicted octanol–water partition coefficient (Wildman–Crippen LogP) is 2.54. The van der Waals surface area contributed by atoms with Crippen LogP contribution >= 0.6 is 0 Å². The largest absolute Gasteiger partial charge is 0.504 e. The fourth-order valence-electron chi connectivity index (χ4n) is 1.80. The molecular formula is C14H11NO5. The van der Waals surface area contributed by atoms with Crippen LogP contribution in [0.5, 0.6) is 11.5 Å². The molecule has 0 aliphatic rings. The summed E-state index contributed by atoms with van der Waals surface area (Å²) in [5.74, 6) is -0.475. The van der Waals surface area contributed by atoms with Crippen LogP contribution in [0, 0.1) is 10.1 Å². The molecule has 0 radical (unpaired) electrons. The molecule has 0 aliphatic carbocycles. The van der Waals surface area contributed by atoms with Crippen LogP contribution in [0.15, 0.2) is 42.5 Å². The van der Waals surface area contributed by atoms with Crippen LogP contribution in [-0.2, 0) is 0 Å². The van der Waals surface area contributed by atoms with Crippen LogP contribution in [0.1, 0.15) is 15.9 Å². The summed E-state index contributed by atoms with van der Waals surface area (Å²) in [4.78, 5) is 22.6.